The zero-order chi connectivity index (χ0) is 50.1. The smallest absolute Gasteiger partial charge is 0.143 e. The normalized spacial score (nSPS) is 19.9. The van der Waals surface area contributed by atoms with Gasteiger partial charge in [0.15, 0.2) is 0 Å². The minimum atomic E-state index is -1.05. The summed E-state index contributed by atoms with van der Waals surface area (Å²) in [6.07, 6.45) is 0. The molecule has 0 saturated carbocycles. The van der Waals surface area contributed by atoms with Crippen molar-refractivity contribution in [1.82, 2.24) is 0 Å². The molecule has 200 valence electrons. The molecule has 1 nitrogen and oxygen atoms in total. The molecule has 1 heteroatoms. The molecule has 8 aromatic carbocycles. The van der Waals surface area contributed by atoms with Crippen LogP contribution in [0.5, 0.6) is 0 Å². The van der Waals surface area contributed by atoms with Gasteiger partial charge in [0.2, 0.25) is 0 Å². The highest BCUT2D eigenvalue weighted by Crippen LogP contribution is 2.44. The van der Waals surface area contributed by atoms with E-state index in [-0.39, 0.29) is 0 Å². The number of hydrogen-bond donors (Lipinski definition) is 0. The van der Waals surface area contributed by atoms with Gasteiger partial charge in [-0.15, -0.1) is 0 Å². The third-order valence-corrected chi connectivity index (χ3v) is 7.04. The van der Waals surface area contributed by atoms with Crippen LogP contribution in [0, 0.1) is 0 Å². The van der Waals surface area contributed by atoms with Gasteiger partial charge < -0.3 is 4.42 Å². The maximum absolute atomic E-state index is 9.57. The molecule has 0 radical (unpaired) electrons. The van der Waals surface area contributed by atoms with Crippen LogP contribution in [0.25, 0.3) is 87.6 Å². The Morgan fingerprint density at radius 2 is 0.953 bits per heavy atom. The third kappa shape index (κ3) is 3.65. The second kappa shape index (κ2) is 9.44. The van der Waals surface area contributed by atoms with Crippen LogP contribution < -0.4 is 0 Å². The van der Waals surface area contributed by atoms with Crippen molar-refractivity contribution in [3.8, 4) is 33.4 Å². The van der Waals surface area contributed by atoms with Crippen molar-refractivity contribution in [3.63, 3.8) is 0 Å². The summed E-state index contributed by atoms with van der Waals surface area (Å²) in [6, 6.07) is -20.3. The van der Waals surface area contributed by atoms with E-state index < -0.39 is 239 Å². The molecule has 1 aromatic heterocycles. The lowest BCUT2D eigenvalue weighted by Crippen LogP contribution is -1.90. The molecule has 0 saturated heterocycles. The summed E-state index contributed by atoms with van der Waals surface area (Å²) in [6.45, 7) is 0. The first-order valence-corrected chi connectivity index (χ1v) is 12.7. The average Bonchev–Trinajstić information content (AvgIpc) is 3.70. The fourth-order valence-electron chi connectivity index (χ4n) is 5.25. The molecule has 1 heterocycles. The van der Waals surface area contributed by atoms with Crippen LogP contribution in [-0.2, 0) is 0 Å². The molecule has 0 bridgehead atoms. The van der Waals surface area contributed by atoms with Crippen molar-refractivity contribution in [2.45, 2.75) is 0 Å². The highest BCUT2D eigenvalue weighted by molar-refractivity contribution is 6.22. The van der Waals surface area contributed by atoms with E-state index in [1.807, 2.05) is 0 Å². The van der Waals surface area contributed by atoms with Gasteiger partial charge >= 0.3 is 0 Å². The van der Waals surface area contributed by atoms with Gasteiger partial charge in [0, 0.05) is 16.2 Å². The number of rotatable bonds is 3. The molecule has 0 aliphatic carbocycles. The minimum Gasteiger partial charge on any atom is -0.455 e. The molecule has 43 heavy (non-hydrogen) atoms. The van der Waals surface area contributed by atoms with Crippen LogP contribution in [0.1, 0.15) is 34.3 Å². The van der Waals surface area contributed by atoms with E-state index in [1.165, 1.54) is 0 Å². The van der Waals surface area contributed by atoms with Crippen molar-refractivity contribution in [2.75, 3.05) is 0 Å². The molecule has 0 spiro atoms. The first kappa shape index (κ1) is 9.97. The summed E-state index contributed by atoms with van der Waals surface area (Å²) in [4.78, 5) is 0. The fourth-order valence-corrected chi connectivity index (χ4v) is 5.25. The summed E-state index contributed by atoms with van der Waals surface area (Å²) in [7, 11) is 0. The third-order valence-electron chi connectivity index (χ3n) is 7.04. The van der Waals surface area contributed by atoms with Gasteiger partial charge in [0.25, 0.3) is 0 Å². The number of benzene rings is 8. The maximum Gasteiger partial charge on any atom is 0.143 e. The first-order chi connectivity index (χ1) is 31.7. The number of fused-ring (bicyclic) bond motifs is 7. The van der Waals surface area contributed by atoms with E-state index in [0.29, 0.717) is 0 Å². The SMILES string of the molecule is [2H]c1cc([2H])c([2H])c(-c2c3c([2H])c([2H])c([2H])c([2H])c3c(-c3c([2H])c([2H])c(-c4c([2H])c([2H])c([2H])c5oc6c7c([2H])c([2H])c([2H])c([2H])c7c([2H])c([2H])c6c45)c([2H])c3[2H])c3c([2H])c([2H])c([2H])c([2H])c23)c1[2H]. The Balaban J connectivity index is 1.53. The molecule has 0 unspecified atom stereocenters. The predicted octanol–water partition coefficient (Wildman–Crippen LogP) is 12.0. The van der Waals surface area contributed by atoms with E-state index in [0.717, 1.165) is 6.07 Å². The van der Waals surface area contributed by atoms with Crippen molar-refractivity contribution < 1.29 is 38.7 Å². The number of furan rings is 1. The molecular weight excluding hydrogens is 520 g/mol. The summed E-state index contributed by atoms with van der Waals surface area (Å²) >= 11 is 0. The van der Waals surface area contributed by atoms with Crippen LogP contribution in [0.4, 0.5) is 0 Å². The second-order valence-corrected chi connectivity index (χ2v) is 9.32. The predicted molar refractivity (Wildman–Crippen MR) is 183 cm³/mol. The minimum absolute atomic E-state index is 0.402. The lowest BCUT2D eigenvalue weighted by molar-refractivity contribution is 0.673. The van der Waals surface area contributed by atoms with Crippen LogP contribution in [0.2, 0.25) is 0 Å². The summed E-state index contributed by atoms with van der Waals surface area (Å²) in [5.74, 6) is 0. The fraction of sp³-hybridized carbons (Fsp3) is 0. The van der Waals surface area contributed by atoms with E-state index in [4.69, 9.17) is 27.7 Å². The molecule has 0 N–H and O–H groups in total. The van der Waals surface area contributed by atoms with Crippen molar-refractivity contribution in [1.29, 1.82) is 0 Å². The van der Waals surface area contributed by atoms with Gasteiger partial charge in [-0.3, -0.25) is 0 Å². The Bertz CT molecular complexity index is 3770. The van der Waals surface area contributed by atoms with Gasteiger partial charge in [-0.1, -0.05) is 145 Å². The molecule has 9 aromatic rings. The van der Waals surface area contributed by atoms with Gasteiger partial charge in [0.1, 0.15) is 11.2 Å². The van der Waals surface area contributed by atoms with Crippen LogP contribution in [0.3, 0.4) is 0 Å². The Labute approximate surface area is 284 Å². The molecule has 0 amide bonds. The Hall–Kier alpha value is -5.66. The molecule has 0 aliphatic heterocycles. The topological polar surface area (TPSA) is 13.1 Å². The maximum atomic E-state index is 9.57. The summed E-state index contributed by atoms with van der Waals surface area (Å²) in [5, 5.41) is -4.30. The highest BCUT2D eigenvalue weighted by Gasteiger charge is 2.18. The Morgan fingerprint density at radius 1 is 0.395 bits per heavy atom. The van der Waals surface area contributed by atoms with Crippen molar-refractivity contribution >= 4 is 54.3 Å². The van der Waals surface area contributed by atoms with E-state index in [2.05, 4.69) is 0 Å². The first-order valence-electron chi connectivity index (χ1n) is 25.2. The Kier molecular flexibility index (Phi) is 2.19. The lowest BCUT2D eigenvalue weighted by Gasteiger charge is -2.18. The lowest BCUT2D eigenvalue weighted by atomic mass is 9.85. The van der Waals surface area contributed by atoms with Gasteiger partial charge in [-0.2, -0.15) is 0 Å². The van der Waals surface area contributed by atoms with E-state index in [9.17, 15) is 11.0 Å². The Morgan fingerprint density at radius 3 is 1.60 bits per heavy atom. The standard InChI is InChI=1S/C42H26O/c1-2-12-29(13-3-1)39-33-15-6-8-17-35(33)40(36-18-9-7-16-34(36)39)30-23-21-28(22-24-30)31-19-10-20-38-41(31)37-26-25-27-11-4-5-14-32(27)42(37)43-38/h1-26H/i2D,3D,4D,5D,6D,7D,8D,9D,10D,11D,12D,13D,14D,15D,16D,17D,18D,19D,20D,21D,22D,23D,24D,25D,26D. The van der Waals surface area contributed by atoms with Gasteiger partial charge in [-0.05, 0) is 72.4 Å². The van der Waals surface area contributed by atoms with Crippen molar-refractivity contribution in [2.24, 2.45) is 0 Å². The van der Waals surface area contributed by atoms with Crippen LogP contribution >= 0.6 is 0 Å². The van der Waals surface area contributed by atoms with Crippen LogP contribution in [-0.4, -0.2) is 0 Å². The van der Waals surface area contributed by atoms with Gasteiger partial charge in [-0.25, -0.2) is 0 Å². The largest absolute Gasteiger partial charge is 0.455 e. The van der Waals surface area contributed by atoms with E-state index in [1.54, 1.807) is 0 Å². The molecule has 0 atom stereocenters. The highest BCUT2D eigenvalue weighted by atomic mass is 16.3. The zero-order valence-corrected chi connectivity index (χ0v) is 21.5. The molecular formula is C42H26O. The number of hydrogen-bond acceptors (Lipinski definition) is 1. The van der Waals surface area contributed by atoms with Crippen molar-refractivity contribution in [3.05, 3.63) is 157 Å². The second-order valence-electron chi connectivity index (χ2n) is 9.32. The van der Waals surface area contributed by atoms with E-state index >= 15 is 0 Å². The molecule has 0 aliphatic rings. The zero-order valence-electron chi connectivity index (χ0n) is 46.5. The molecule has 0 fully saturated rings. The molecule has 9 rings (SSSR count). The monoisotopic (exact) mass is 571 g/mol. The average molecular weight is 572 g/mol. The van der Waals surface area contributed by atoms with Crippen LogP contribution in [0.15, 0.2) is 162 Å². The summed E-state index contributed by atoms with van der Waals surface area (Å²) < 4.78 is 229. The summed E-state index contributed by atoms with van der Waals surface area (Å²) in [5.41, 5.74) is -5.16. The quantitative estimate of drug-likeness (QED) is 0.192. The van der Waals surface area contributed by atoms with Gasteiger partial charge in [0.05, 0.1) is 34.3 Å².